The Morgan fingerprint density at radius 1 is 1.40 bits per heavy atom. The van der Waals surface area contributed by atoms with E-state index in [1.54, 1.807) is 11.3 Å². The van der Waals surface area contributed by atoms with Crippen LogP contribution in [-0.2, 0) is 5.60 Å². The molecule has 0 aromatic carbocycles. The third kappa shape index (κ3) is 2.26. The topological polar surface area (TPSA) is 20.2 Å². The molecule has 1 aliphatic carbocycles. The third-order valence-corrected chi connectivity index (χ3v) is 4.40. The first kappa shape index (κ1) is 11.2. The monoisotopic (exact) mass is 224 g/mol. The summed E-state index contributed by atoms with van der Waals surface area (Å²) >= 11 is 1.68. The predicted octanol–water partition coefficient (Wildman–Crippen LogP) is 3.78. The highest BCUT2D eigenvalue weighted by Gasteiger charge is 2.43. The molecule has 0 radical (unpaired) electrons. The van der Waals surface area contributed by atoms with Crippen LogP contribution >= 0.6 is 11.3 Å². The molecule has 2 unspecified atom stereocenters. The van der Waals surface area contributed by atoms with Gasteiger partial charge in [0.1, 0.15) is 0 Å². The number of aliphatic hydroxyl groups is 1. The first-order valence-corrected chi connectivity index (χ1v) is 6.56. The van der Waals surface area contributed by atoms with E-state index in [0.29, 0.717) is 5.92 Å². The molecule has 15 heavy (non-hydrogen) atoms. The first-order chi connectivity index (χ1) is 6.91. The third-order valence-electron chi connectivity index (χ3n) is 3.34. The van der Waals surface area contributed by atoms with Crippen molar-refractivity contribution in [3.05, 3.63) is 22.4 Å². The molecule has 0 saturated heterocycles. The maximum absolute atomic E-state index is 10.7. The van der Waals surface area contributed by atoms with E-state index >= 15 is 0 Å². The Morgan fingerprint density at radius 2 is 2.13 bits per heavy atom. The lowest BCUT2D eigenvalue weighted by molar-refractivity contribution is -0.0608. The van der Waals surface area contributed by atoms with Crippen molar-refractivity contribution in [2.45, 2.75) is 45.6 Å². The lowest BCUT2D eigenvalue weighted by Crippen LogP contribution is -2.39. The molecular formula is C13H20OS. The van der Waals surface area contributed by atoms with Crippen molar-refractivity contribution >= 4 is 11.3 Å². The lowest BCUT2D eigenvalue weighted by atomic mass is 9.65. The molecule has 0 amide bonds. The van der Waals surface area contributed by atoms with Crippen LogP contribution in [0.15, 0.2) is 17.5 Å². The maximum atomic E-state index is 10.7. The number of hydrogen-bond donors (Lipinski definition) is 1. The van der Waals surface area contributed by atoms with Crippen molar-refractivity contribution in [2.24, 2.45) is 11.3 Å². The minimum Gasteiger partial charge on any atom is -0.384 e. The minimum absolute atomic E-state index is 0.260. The smallest absolute Gasteiger partial charge is 0.0995 e. The molecule has 1 saturated carbocycles. The van der Waals surface area contributed by atoms with Crippen LogP contribution in [0.5, 0.6) is 0 Å². The van der Waals surface area contributed by atoms with Crippen LogP contribution in [0.2, 0.25) is 0 Å². The normalized spacial score (nSPS) is 35.3. The molecule has 2 rings (SSSR count). The van der Waals surface area contributed by atoms with Crippen LogP contribution in [-0.4, -0.2) is 5.11 Å². The van der Waals surface area contributed by atoms with Crippen molar-refractivity contribution in [1.82, 2.24) is 0 Å². The van der Waals surface area contributed by atoms with Crippen LogP contribution in [0.3, 0.4) is 0 Å². The SMILES string of the molecule is CC1CC(C)(C)CC(O)(c2cccs2)C1. The van der Waals surface area contributed by atoms with Gasteiger partial charge in [-0.1, -0.05) is 26.8 Å². The van der Waals surface area contributed by atoms with Gasteiger partial charge in [0.2, 0.25) is 0 Å². The van der Waals surface area contributed by atoms with Crippen LogP contribution in [0, 0.1) is 11.3 Å². The molecule has 1 fully saturated rings. The number of thiophene rings is 1. The van der Waals surface area contributed by atoms with E-state index in [-0.39, 0.29) is 5.41 Å². The van der Waals surface area contributed by atoms with Gasteiger partial charge in [0.25, 0.3) is 0 Å². The molecule has 0 spiro atoms. The van der Waals surface area contributed by atoms with E-state index < -0.39 is 5.60 Å². The first-order valence-electron chi connectivity index (χ1n) is 5.68. The van der Waals surface area contributed by atoms with E-state index in [0.717, 1.165) is 17.7 Å². The fourth-order valence-corrected chi connectivity index (χ4v) is 4.09. The summed E-state index contributed by atoms with van der Waals surface area (Å²) in [5.41, 5.74) is -0.314. The summed E-state index contributed by atoms with van der Waals surface area (Å²) in [7, 11) is 0. The van der Waals surface area contributed by atoms with E-state index in [1.165, 1.54) is 6.42 Å². The molecule has 2 heteroatoms. The highest BCUT2D eigenvalue weighted by molar-refractivity contribution is 7.10. The number of hydrogen-bond acceptors (Lipinski definition) is 2. The van der Waals surface area contributed by atoms with E-state index in [1.807, 2.05) is 6.07 Å². The summed E-state index contributed by atoms with van der Waals surface area (Å²) in [5.74, 6) is 0.612. The zero-order valence-corrected chi connectivity index (χ0v) is 10.6. The molecule has 1 heterocycles. The van der Waals surface area contributed by atoms with Crippen molar-refractivity contribution in [3.63, 3.8) is 0 Å². The molecule has 1 aliphatic rings. The summed E-state index contributed by atoms with van der Waals surface area (Å²) in [6.45, 7) is 6.78. The fraction of sp³-hybridized carbons (Fsp3) is 0.692. The molecule has 1 aromatic rings. The zero-order chi connectivity index (χ0) is 11.1. The average molecular weight is 224 g/mol. The van der Waals surface area contributed by atoms with Crippen LogP contribution in [0.1, 0.15) is 44.9 Å². The number of rotatable bonds is 1. The molecule has 1 nitrogen and oxygen atoms in total. The Balaban J connectivity index is 2.28. The van der Waals surface area contributed by atoms with Gasteiger partial charge < -0.3 is 5.11 Å². The average Bonchev–Trinajstić information content (AvgIpc) is 2.49. The molecule has 1 aromatic heterocycles. The predicted molar refractivity (Wildman–Crippen MR) is 65.0 cm³/mol. The van der Waals surface area contributed by atoms with E-state index in [9.17, 15) is 5.11 Å². The summed E-state index contributed by atoms with van der Waals surface area (Å²) in [6.07, 6.45) is 3.03. The van der Waals surface area contributed by atoms with Gasteiger partial charge in [-0.25, -0.2) is 0 Å². The van der Waals surface area contributed by atoms with E-state index in [2.05, 4.69) is 32.2 Å². The Bertz CT molecular complexity index is 328. The summed E-state index contributed by atoms with van der Waals surface area (Å²) in [5, 5.41) is 12.8. The molecule has 84 valence electrons. The van der Waals surface area contributed by atoms with Crippen molar-refractivity contribution in [1.29, 1.82) is 0 Å². The van der Waals surface area contributed by atoms with Gasteiger partial charge in [-0.2, -0.15) is 0 Å². The maximum Gasteiger partial charge on any atom is 0.0995 e. The second-order valence-corrected chi connectivity index (χ2v) is 6.81. The van der Waals surface area contributed by atoms with Gasteiger partial charge in [-0.05, 0) is 42.0 Å². The van der Waals surface area contributed by atoms with Gasteiger partial charge in [-0.15, -0.1) is 11.3 Å². The van der Waals surface area contributed by atoms with Crippen LogP contribution < -0.4 is 0 Å². The quantitative estimate of drug-likeness (QED) is 0.769. The summed E-state index contributed by atoms with van der Waals surface area (Å²) in [6, 6.07) is 4.10. The molecule has 2 atom stereocenters. The van der Waals surface area contributed by atoms with Gasteiger partial charge in [0.15, 0.2) is 0 Å². The Hall–Kier alpha value is -0.340. The van der Waals surface area contributed by atoms with Crippen molar-refractivity contribution in [3.8, 4) is 0 Å². The fourth-order valence-electron chi connectivity index (χ4n) is 3.26. The van der Waals surface area contributed by atoms with Crippen molar-refractivity contribution < 1.29 is 5.11 Å². The van der Waals surface area contributed by atoms with Gasteiger partial charge in [0, 0.05) is 4.88 Å². The van der Waals surface area contributed by atoms with Crippen molar-refractivity contribution in [2.75, 3.05) is 0 Å². The van der Waals surface area contributed by atoms with Gasteiger partial charge in [-0.3, -0.25) is 0 Å². The van der Waals surface area contributed by atoms with Crippen LogP contribution in [0.4, 0.5) is 0 Å². The second-order valence-electron chi connectivity index (χ2n) is 5.86. The minimum atomic E-state index is -0.574. The highest BCUT2D eigenvalue weighted by atomic mass is 32.1. The molecule has 1 N–H and O–H groups in total. The summed E-state index contributed by atoms with van der Waals surface area (Å²) < 4.78 is 0. The second kappa shape index (κ2) is 3.60. The van der Waals surface area contributed by atoms with Gasteiger partial charge >= 0.3 is 0 Å². The summed E-state index contributed by atoms with van der Waals surface area (Å²) in [4.78, 5) is 1.14. The standard InChI is InChI=1S/C13H20OS/c1-10-7-12(2,3)9-13(14,8-10)11-5-4-6-15-11/h4-6,10,14H,7-9H2,1-3H3. The Morgan fingerprint density at radius 3 is 2.67 bits per heavy atom. The molecular weight excluding hydrogens is 204 g/mol. The molecule has 0 aliphatic heterocycles. The largest absolute Gasteiger partial charge is 0.384 e. The lowest BCUT2D eigenvalue weighted by Gasteiger charge is -2.44. The highest BCUT2D eigenvalue weighted by Crippen LogP contribution is 2.49. The van der Waals surface area contributed by atoms with Crippen LogP contribution in [0.25, 0.3) is 0 Å². The zero-order valence-electron chi connectivity index (χ0n) is 9.79. The van der Waals surface area contributed by atoms with E-state index in [4.69, 9.17) is 0 Å². The Kier molecular flexibility index (Phi) is 2.68. The Labute approximate surface area is 96.1 Å². The molecule has 0 bridgehead atoms. The van der Waals surface area contributed by atoms with Gasteiger partial charge in [0.05, 0.1) is 5.60 Å².